The average molecular weight is 209 g/mol. The van der Waals surface area contributed by atoms with Crippen LogP contribution in [0.1, 0.15) is 13.3 Å². The number of aliphatic hydroxyl groups excluding tert-OH is 1. The molecule has 15 heavy (non-hydrogen) atoms. The molecule has 0 spiro atoms. The van der Waals surface area contributed by atoms with Crippen molar-refractivity contribution in [1.29, 1.82) is 0 Å². The van der Waals surface area contributed by atoms with Crippen molar-refractivity contribution in [3.63, 3.8) is 0 Å². The number of anilines is 1. The summed E-state index contributed by atoms with van der Waals surface area (Å²) in [6, 6.07) is 7.99. The Kier molecular flexibility index (Phi) is 4.98. The first-order valence-electron chi connectivity index (χ1n) is 5.32. The number of aliphatic hydroxyl groups is 1. The molecule has 3 heteroatoms. The Morgan fingerprint density at radius 2 is 1.93 bits per heavy atom. The van der Waals surface area contributed by atoms with Crippen molar-refractivity contribution in [2.45, 2.75) is 13.3 Å². The van der Waals surface area contributed by atoms with Gasteiger partial charge in [-0.2, -0.15) is 0 Å². The minimum atomic E-state index is 0.237. The molecule has 0 saturated heterocycles. The predicted molar refractivity (Wildman–Crippen MR) is 62.6 cm³/mol. The van der Waals surface area contributed by atoms with Crippen molar-refractivity contribution in [2.75, 3.05) is 31.7 Å². The number of ether oxygens (including phenoxy) is 1. The van der Waals surface area contributed by atoms with Crippen LogP contribution in [0.15, 0.2) is 24.3 Å². The Morgan fingerprint density at radius 1 is 1.27 bits per heavy atom. The summed E-state index contributed by atoms with van der Waals surface area (Å²) in [5.74, 6) is 0.900. The molecule has 0 fully saturated rings. The lowest BCUT2D eigenvalue weighted by molar-refractivity contribution is 0.290. The summed E-state index contributed by atoms with van der Waals surface area (Å²) in [7, 11) is 2.02. The maximum Gasteiger partial charge on any atom is 0.119 e. The van der Waals surface area contributed by atoms with Crippen LogP contribution >= 0.6 is 0 Å². The predicted octanol–water partition coefficient (Wildman–Crippen LogP) is 1.90. The zero-order valence-electron chi connectivity index (χ0n) is 9.44. The summed E-state index contributed by atoms with van der Waals surface area (Å²) in [6.45, 7) is 3.77. The highest BCUT2D eigenvalue weighted by atomic mass is 16.5. The average Bonchev–Trinajstić information content (AvgIpc) is 2.27. The molecule has 1 aromatic carbocycles. The summed E-state index contributed by atoms with van der Waals surface area (Å²) in [5, 5.41) is 8.73. The smallest absolute Gasteiger partial charge is 0.119 e. The third-order valence-corrected chi connectivity index (χ3v) is 2.24. The molecule has 0 saturated carbocycles. The van der Waals surface area contributed by atoms with Gasteiger partial charge in [0.1, 0.15) is 5.75 Å². The molecule has 0 aromatic heterocycles. The van der Waals surface area contributed by atoms with Crippen molar-refractivity contribution in [1.82, 2.24) is 0 Å². The zero-order valence-corrected chi connectivity index (χ0v) is 9.44. The van der Waals surface area contributed by atoms with E-state index in [9.17, 15) is 0 Å². The van der Waals surface area contributed by atoms with Crippen LogP contribution in [0.5, 0.6) is 5.75 Å². The molecule has 0 aliphatic rings. The molecule has 0 aliphatic carbocycles. The Morgan fingerprint density at radius 3 is 2.47 bits per heavy atom. The van der Waals surface area contributed by atoms with Crippen molar-refractivity contribution in [3.05, 3.63) is 24.3 Å². The van der Waals surface area contributed by atoms with Gasteiger partial charge in [0, 0.05) is 25.9 Å². The standard InChI is InChI=1S/C12H19NO2/c1-3-15-12-7-5-11(6-8-12)13(2)9-4-10-14/h5-8,14H,3-4,9-10H2,1-2H3. The number of hydrogen-bond donors (Lipinski definition) is 1. The van der Waals surface area contributed by atoms with Gasteiger partial charge in [-0.1, -0.05) is 0 Å². The maximum atomic E-state index is 8.73. The molecule has 84 valence electrons. The molecule has 1 rings (SSSR count). The van der Waals surface area contributed by atoms with Crippen LogP contribution in [0.2, 0.25) is 0 Å². The van der Waals surface area contributed by atoms with Crippen LogP contribution in [0.25, 0.3) is 0 Å². The van der Waals surface area contributed by atoms with Gasteiger partial charge in [-0.05, 0) is 37.6 Å². The number of benzene rings is 1. The third-order valence-electron chi connectivity index (χ3n) is 2.24. The van der Waals surface area contributed by atoms with Gasteiger partial charge in [-0.15, -0.1) is 0 Å². The molecule has 0 amide bonds. The van der Waals surface area contributed by atoms with Gasteiger partial charge in [-0.25, -0.2) is 0 Å². The zero-order chi connectivity index (χ0) is 11.1. The summed E-state index contributed by atoms with van der Waals surface area (Å²) < 4.78 is 5.36. The molecule has 0 unspecified atom stereocenters. The lowest BCUT2D eigenvalue weighted by Crippen LogP contribution is -2.19. The highest BCUT2D eigenvalue weighted by Crippen LogP contribution is 2.18. The summed E-state index contributed by atoms with van der Waals surface area (Å²) >= 11 is 0. The van der Waals surface area contributed by atoms with Crippen molar-refractivity contribution < 1.29 is 9.84 Å². The number of nitrogens with zero attached hydrogens (tertiary/aromatic N) is 1. The van der Waals surface area contributed by atoms with E-state index in [4.69, 9.17) is 9.84 Å². The van der Waals surface area contributed by atoms with Gasteiger partial charge >= 0.3 is 0 Å². The fourth-order valence-electron chi connectivity index (χ4n) is 1.40. The van der Waals surface area contributed by atoms with Crippen molar-refractivity contribution in [2.24, 2.45) is 0 Å². The molecular weight excluding hydrogens is 190 g/mol. The van der Waals surface area contributed by atoms with E-state index < -0.39 is 0 Å². The van der Waals surface area contributed by atoms with Gasteiger partial charge in [0.15, 0.2) is 0 Å². The van der Waals surface area contributed by atoms with Crippen LogP contribution in [0.4, 0.5) is 5.69 Å². The lowest BCUT2D eigenvalue weighted by atomic mass is 10.2. The van der Waals surface area contributed by atoms with E-state index in [1.807, 2.05) is 38.2 Å². The second kappa shape index (κ2) is 6.30. The Bertz CT molecular complexity index is 271. The summed E-state index contributed by atoms with van der Waals surface area (Å²) in [5.41, 5.74) is 1.15. The quantitative estimate of drug-likeness (QED) is 0.776. The highest BCUT2D eigenvalue weighted by molar-refractivity contribution is 5.48. The Hall–Kier alpha value is -1.22. The Balaban J connectivity index is 2.54. The molecule has 0 bridgehead atoms. The SMILES string of the molecule is CCOc1ccc(N(C)CCCO)cc1. The van der Waals surface area contributed by atoms with Crippen molar-refractivity contribution in [3.8, 4) is 5.75 Å². The lowest BCUT2D eigenvalue weighted by Gasteiger charge is -2.18. The molecule has 0 heterocycles. The number of rotatable bonds is 6. The van der Waals surface area contributed by atoms with Gasteiger partial charge < -0.3 is 14.7 Å². The molecule has 0 radical (unpaired) electrons. The molecular formula is C12H19NO2. The van der Waals surface area contributed by atoms with Crippen molar-refractivity contribution >= 4 is 5.69 Å². The van der Waals surface area contributed by atoms with Gasteiger partial charge in [0.05, 0.1) is 6.61 Å². The van der Waals surface area contributed by atoms with Crippen LogP contribution in [-0.2, 0) is 0 Å². The topological polar surface area (TPSA) is 32.7 Å². The minimum Gasteiger partial charge on any atom is -0.494 e. The first kappa shape index (κ1) is 11.9. The summed E-state index contributed by atoms with van der Waals surface area (Å²) in [4.78, 5) is 2.12. The van der Waals surface area contributed by atoms with E-state index in [0.717, 1.165) is 24.4 Å². The first-order valence-corrected chi connectivity index (χ1v) is 5.32. The third kappa shape index (κ3) is 3.80. The van der Waals surface area contributed by atoms with E-state index in [1.54, 1.807) is 0 Å². The van der Waals surface area contributed by atoms with Gasteiger partial charge in [0.25, 0.3) is 0 Å². The molecule has 0 atom stereocenters. The normalized spacial score (nSPS) is 10.1. The van der Waals surface area contributed by atoms with E-state index in [2.05, 4.69) is 4.90 Å². The highest BCUT2D eigenvalue weighted by Gasteiger charge is 2.00. The van der Waals surface area contributed by atoms with Gasteiger partial charge in [0.2, 0.25) is 0 Å². The summed E-state index contributed by atoms with van der Waals surface area (Å²) in [6.07, 6.45) is 0.795. The van der Waals surface area contributed by atoms with Crippen LogP contribution in [0, 0.1) is 0 Å². The minimum absolute atomic E-state index is 0.237. The van der Waals surface area contributed by atoms with E-state index in [1.165, 1.54) is 0 Å². The number of hydrogen-bond acceptors (Lipinski definition) is 3. The van der Waals surface area contributed by atoms with E-state index in [-0.39, 0.29) is 6.61 Å². The van der Waals surface area contributed by atoms with Crippen LogP contribution < -0.4 is 9.64 Å². The Labute approximate surface area is 91.3 Å². The molecule has 3 nitrogen and oxygen atoms in total. The van der Waals surface area contributed by atoms with Crippen LogP contribution in [0.3, 0.4) is 0 Å². The maximum absolute atomic E-state index is 8.73. The second-order valence-electron chi connectivity index (χ2n) is 3.43. The fraction of sp³-hybridized carbons (Fsp3) is 0.500. The second-order valence-corrected chi connectivity index (χ2v) is 3.43. The van der Waals surface area contributed by atoms with Gasteiger partial charge in [-0.3, -0.25) is 0 Å². The van der Waals surface area contributed by atoms with E-state index >= 15 is 0 Å². The molecule has 1 N–H and O–H groups in total. The monoisotopic (exact) mass is 209 g/mol. The van der Waals surface area contributed by atoms with E-state index in [0.29, 0.717) is 6.61 Å². The fourth-order valence-corrected chi connectivity index (χ4v) is 1.40. The van der Waals surface area contributed by atoms with Crippen LogP contribution in [-0.4, -0.2) is 31.9 Å². The molecule has 1 aromatic rings. The molecule has 0 aliphatic heterocycles. The largest absolute Gasteiger partial charge is 0.494 e. The first-order chi connectivity index (χ1) is 7.27.